The Morgan fingerprint density at radius 2 is 1.84 bits per heavy atom. The normalized spacial score (nSPS) is 22.9. The van der Waals surface area contributed by atoms with Crippen molar-refractivity contribution in [3.05, 3.63) is 75.5 Å². The van der Waals surface area contributed by atoms with Gasteiger partial charge in [0.15, 0.2) is 5.78 Å². The number of aliphatic hydroxyl groups is 1. The van der Waals surface area contributed by atoms with E-state index >= 15 is 0 Å². The summed E-state index contributed by atoms with van der Waals surface area (Å²) in [7, 11) is 1.56. The van der Waals surface area contributed by atoms with Crippen molar-refractivity contribution in [2.75, 3.05) is 12.4 Å². The first-order valence-electron chi connectivity index (χ1n) is 10.2. The van der Waals surface area contributed by atoms with Gasteiger partial charge in [-0.05, 0) is 50.6 Å². The van der Waals surface area contributed by atoms with Crippen LogP contribution < -0.4 is 10.1 Å². The molecular formula is C24H26N2O6. The molecule has 8 nitrogen and oxygen atoms in total. The molecule has 168 valence electrons. The molecule has 8 heteroatoms. The van der Waals surface area contributed by atoms with Gasteiger partial charge in [0.25, 0.3) is 5.69 Å². The zero-order valence-corrected chi connectivity index (χ0v) is 18.4. The van der Waals surface area contributed by atoms with E-state index in [0.29, 0.717) is 28.3 Å². The number of non-ortho nitro benzene ring substituents is 1. The fourth-order valence-electron chi connectivity index (χ4n) is 4.53. The lowest BCUT2D eigenvalue weighted by Gasteiger charge is -2.43. The minimum absolute atomic E-state index is 0.0453. The molecule has 0 aliphatic heterocycles. The molecule has 2 aromatic carbocycles. The molecule has 0 saturated heterocycles. The predicted molar refractivity (Wildman–Crippen MR) is 120 cm³/mol. The van der Waals surface area contributed by atoms with E-state index < -0.39 is 22.4 Å². The quantitative estimate of drug-likeness (QED) is 0.495. The highest BCUT2D eigenvalue weighted by Crippen LogP contribution is 2.48. The summed E-state index contributed by atoms with van der Waals surface area (Å²) < 4.78 is 5.17. The second-order valence-corrected chi connectivity index (χ2v) is 8.25. The number of Topliss-reactive ketones (excluding diaryl/α,β-unsaturated/α-hetero) is 2. The number of carbonyl (C=O) groups is 2. The maximum absolute atomic E-state index is 12.8. The fourth-order valence-corrected chi connectivity index (χ4v) is 4.53. The van der Waals surface area contributed by atoms with Crippen molar-refractivity contribution in [2.24, 2.45) is 5.92 Å². The van der Waals surface area contributed by atoms with Crippen molar-refractivity contribution < 1.29 is 24.4 Å². The van der Waals surface area contributed by atoms with Gasteiger partial charge >= 0.3 is 0 Å². The van der Waals surface area contributed by atoms with Crippen LogP contribution in [0.15, 0.2) is 59.8 Å². The molecule has 2 N–H and O–H groups in total. The third-order valence-electron chi connectivity index (χ3n) is 5.82. The van der Waals surface area contributed by atoms with Crippen molar-refractivity contribution in [2.45, 2.75) is 38.7 Å². The molecule has 1 aliphatic rings. The zero-order valence-electron chi connectivity index (χ0n) is 18.4. The van der Waals surface area contributed by atoms with Crippen molar-refractivity contribution in [3.63, 3.8) is 0 Å². The van der Waals surface area contributed by atoms with E-state index in [0.717, 1.165) is 0 Å². The summed E-state index contributed by atoms with van der Waals surface area (Å²) in [5, 5.41) is 25.8. The average molecular weight is 438 g/mol. The van der Waals surface area contributed by atoms with Gasteiger partial charge in [-0.15, -0.1) is 0 Å². The van der Waals surface area contributed by atoms with Crippen molar-refractivity contribution in [3.8, 4) is 5.75 Å². The topological polar surface area (TPSA) is 119 Å². The number of ether oxygens (including phenoxy) is 1. The van der Waals surface area contributed by atoms with Gasteiger partial charge < -0.3 is 15.2 Å². The number of nitro groups is 1. The number of benzene rings is 2. The van der Waals surface area contributed by atoms with Gasteiger partial charge in [0, 0.05) is 41.4 Å². The van der Waals surface area contributed by atoms with Gasteiger partial charge in [0.1, 0.15) is 11.5 Å². The number of nitrogens with one attached hydrogen (secondary N) is 1. The minimum Gasteiger partial charge on any atom is -0.497 e. The van der Waals surface area contributed by atoms with Crippen LogP contribution in [0.5, 0.6) is 5.75 Å². The molecule has 0 fully saturated rings. The molecule has 3 rings (SSSR count). The van der Waals surface area contributed by atoms with Crippen molar-refractivity contribution in [1.82, 2.24) is 0 Å². The van der Waals surface area contributed by atoms with Crippen LogP contribution in [0.2, 0.25) is 0 Å². The van der Waals surface area contributed by atoms with Crippen LogP contribution in [-0.4, -0.2) is 34.3 Å². The molecule has 0 amide bonds. The fraction of sp³-hybridized carbons (Fsp3) is 0.333. The van der Waals surface area contributed by atoms with Crippen LogP contribution in [0, 0.1) is 16.0 Å². The highest BCUT2D eigenvalue weighted by Gasteiger charge is 2.49. The maximum Gasteiger partial charge on any atom is 0.269 e. The van der Waals surface area contributed by atoms with Crippen LogP contribution in [0.4, 0.5) is 11.4 Å². The van der Waals surface area contributed by atoms with E-state index in [1.165, 1.54) is 32.0 Å². The van der Waals surface area contributed by atoms with E-state index in [2.05, 4.69) is 5.32 Å². The summed E-state index contributed by atoms with van der Waals surface area (Å²) in [5.74, 6) is -1.69. The lowest BCUT2D eigenvalue weighted by Crippen LogP contribution is -2.48. The Morgan fingerprint density at radius 1 is 1.19 bits per heavy atom. The van der Waals surface area contributed by atoms with Gasteiger partial charge in [-0.2, -0.15) is 0 Å². The predicted octanol–water partition coefficient (Wildman–Crippen LogP) is 4.00. The second kappa shape index (κ2) is 8.92. The largest absolute Gasteiger partial charge is 0.497 e. The molecule has 0 bridgehead atoms. The lowest BCUT2D eigenvalue weighted by molar-refractivity contribution is -0.384. The number of carbonyl (C=O) groups excluding carboxylic acids is 2. The van der Waals surface area contributed by atoms with Crippen molar-refractivity contribution in [1.29, 1.82) is 0 Å². The molecule has 32 heavy (non-hydrogen) atoms. The Labute approximate surface area is 186 Å². The molecule has 0 radical (unpaired) electrons. The summed E-state index contributed by atoms with van der Waals surface area (Å²) in [6, 6.07) is 12.9. The summed E-state index contributed by atoms with van der Waals surface area (Å²) >= 11 is 0. The summed E-state index contributed by atoms with van der Waals surface area (Å²) in [5.41, 5.74) is 0.278. The number of hydrogen-bond acceptors (Lipinski definition) is 7. The molecule has 0 saturated carbocycles. The van der Waals surface area contributed by atoms with E-state index in [-0.39, 0.29) is 23.7 Å². The first-order chi connectivity index (χ1) is 15.0. The van der Waals surface area contributed by atoms with E-state index in [4.69, 9.17) is 4.74 Å². The average Bonchev–Trinajstić information content (AvgIpc) is 2.72. The van der Waals surface area contributed by atoms with E-state index in [1.807, 2.05) is 0 Å². The Balaban J connectivity index is 2.20. The zero-order chi connectivity index (χ0) is 23.6. The Bertz CT molecular complexity index is 1090. The Morgan fingerprint density at radius 3 is 2.38 bits per heavy atom. The summed E-state index contributed by atoms with van der Waals surface area (Å²) in [4.78, 5) is 36.3. The van der Waals surface area contributed by atoms with Gasteiger partial charge in [-0.25, -0.2) is 0 Å². The number of ketones is 2. The summed E-state index contributed by atoms with van der Waals surface area (Å²) in [6.45, 7) is 4.31. The van der Waals surface area contributed by atoms with Crippen molar-refractivity contribution >= 4 is 22.9 Å². The third kappa shape index (κ3) is 4.55. The molecular weight excluding hydrogens is 412 g/mol. The first-order valence-corrected chi connectivity index (χ1v) is 10.2. The minimum atomic E-state index is -1.48. The molecule has 0 heterocycles. The monoisotopic (exact) mass is 438 g/mol. The van der Waals surface area contributed by atoms with E-state index in [9.17, 15) is 24.8 Å². The number of nitro benzene ring substituents is 1. The van der Waals surface area contributed by atoms with Crippen LogP contribution >= 0.6 is 0 Å². The Hall–Kier alpha value is -3.52. The molecule has 1 aliphatic carbocycles. The number of allylic oxidation sites excluding steroid dienone is 1. The molecule has 0 aromatic heterocycles. The smallest absolute Gasteiger partial charge is 0.269 e. The van der Waals surface area contributed by atoms with Crippen LogP contribution in [0.1, 0.15) is 38.7 Å². The first kappa shape index (κ1) is 23.1. The van der Waals surface area contributed by atoms with Gasteiger partial charge in [-0.3, -0.25) is 19.7 Å². The van der Waals surface area contributed by atoms with E-state index in [1.54, 1.807) is 44.4 Å². The molecule has 0 spiro atoms. The standard InChI is InChI=1S/C24H26N2O6/c1-14(27)21-20(25-17-8-10-19(32-4)11-9-17)13-24(3,29)23(15(2)28)22(21)16-6-5-7-18(12-16)26(30)31/h5-12,22-23,25,29H,13H2,1-4H3/t22-,23-,24-/m1/s1. The lowest BCUT2D eigenvalue weighted by atomic mass is 9.64. The highest BCUT2D eigenvalue weighted by molar-refractivity contribution is 5.98. The van der Waals surface area contributed by atoms with Crippen LogP contribution in [0.25, 0.3) is 0 Å². The summed E-state index contributed by atoms with van der Waals surface area (Å²) in [6.07, 6.45) is 0.0453. The number of anilines is 1. The number of hydrogen-bond donors (Lipinski definition) is 2. The van der Waals surface area contributed by atoms with Gasteiger partial charge in [-0.1, -0.05) is 12.1 Å². The third-order valence-corrected chi connectivity index (χ3v) is 5.82. The van der Waals surface area contributed by atoms with Crippen LogP contribution in [0.3, 0.4) is 0 Å². The van der Waals surface area contributed by atoms with Gasteiger partial charge in [0.05, 0.1) is 23.6 Å². The molecule has 0 unspecified atom stereocenters. The second-order valence-electron chi connectivity index (χ2n) is 8.25. The highest BCUT2D eigenvalue weighted by atomic mass is 16.6. The van der Waals surface area contributed by atoms with Crippen LogP contribution in [-0.2, 0) is 9.59 Å². The SMILES string of the molecule is COc1ccc(NC2=C(C(C)=O)[C@@H](c3cccc([N+](=O)[O-])c3)[C@@H](C(C)=O)[C@](C)(O)C2)cc1. The van der Waals surface area contributed by atoms with Gasteiger partial charge in [0.2, 0.25) is 0 Å². The number of nitrogens with zero attached hydrogens (tertiary/aromatic N) is 1. The maximum atomic E-state index is 12.8. The molecule has 3 atom stereocenters. The Kier molecular flexibility index (Phi) is 6.45. The number of rotatable bonds is 7. The number of methoxy groups -OCH3 is 1. The molecule has 2 aromatic rings.